The molecule has 0 aliphatic carbocycles. The van der Waals surface area contributed by atoms with Crippen LogP contribution in [0.2, 0.25) is 0 Å². The van der Waals surface area contributed by atoms with Crippen LogP contribution in [-0.2, 0) is 9.53 Å². The molecule has 0 saturated carbocycles. The third kappa shape index (κ3) is 5.21. The van der Waals surface area contributed by atoms with E-state index < -0.39 is 17.7 Å². The van der Waals surface area contributed by atoms with Crippen molar-refractivity contribution in [3.63, 3.8) is 0 Å². The Kier molecular flexibility index (Phi) is 6.21. The van der Waals surface area contributed by atoms with Crippen molar-refractivity contribution in [1.29, 1.82) is 0 Å². The highest BCUT2D eigenvalue weighted by atomic mass is 19.2. The molecule has 106 valence electrons. The summed E-state index contributed by atoms with van der Waals surface area (Å²) in [6, 6.07) is 2.88. The van der Waals surface area contributed by atoms with E-state index >= 15 is 0 Å². The van der Waals surface area contributed by atoms with Gasteiger partial charge in [-0.3, -0.25) is 4.79 Å². The van der Waals surface area contributed by atoms with Crippen LogP contribution in [0.25, 0.3) is 0 Å². The van der Waals surface area contributed by atoms with Gasteiger partial charge >= 0.3 is 0 Å². The van der Waals surface area contributed by atoms with Crippen molar-refractivity contribution in [2.24, 2.45) is 0 Å². The zero-order valence-corrected chi connectivity index (χ0v) is 11.0. The number of benzene rings is 1. The SMILES string of the molecule is COCCCNC(=O)C(C)Nc1ccc(F)c(F)c1. The lowest BCUT2D eigenvalue weighted by Gasteiger charge is -2.15. The van der Waals surface area contributed by atoms with Crippen LogP contribution in [-0.4, -0.2) is 32.2 Å². The summed E-state index contributed by atoms with van der Waals surface area (Å²) in [6.45, 7) is 2.73. The number of halogens is 2. The van der Waals surface area contributed by atoms with Crippen LogP contribution in [0.5, 0.6) is 0 Å². The van der Waals surface area contributed by atoms with Gasteiger partial charge in [-0.1, -0.05) is 0 Å². The van der Waals surface area contributed by atoms with Crippen LogP contribution in [0, 0.1) is 11.6 Å². The molecule has 0 aliphatic heterocycles. The van der Waals surface area contributed by atoms with E-state index in [-0.39, 0.29) is 5.91 Å². The Labute approximate surface area is 111 Å². The molecule has 0 aliphatic rings. The van der Waals surface area contributed by atoms with E-state index in [4.69, 9.17) is 4.74 Å². The fourth-order valence-corrected chi connectivity index (χ4v) is 1.48. The zero-order valence-electron chi connectivity index (χ0n) is 11.0. The molecule has 1 aromatic carbocycles. The minimum atomic E-state index is -0.947. The molecule has 1 aromatic rings. The first kappa shape index (κ1) is 15.4. The maximum Gasteiger partial charge on any atom is 0.242 e. The Morgan fingerprint density at radius 1 is 1.37 bits per heavy atom. The number of methoxy groups -OCH3 is 1. The van der Waals surface area contributed by atoms with Crippen molar-refractivity contribution in [2.75, 3.05) is 25.6 Å². The standard InChI is InChI=1S/C13H18F2N2O2/c1-9(13(18)16-6-3-7-19-2)17-10-4-5-11(14)12(15)8-10/h4-5,8-9,17H,3,6-7H2,1-2H3,(H,16,18). The van der Waals surface area contributed by atoms with Crippen molar-refractivity contribution in [1.82, 2.24) is 5.32 Å². The smallest absolute Gasteiger partial charge is 0.242 e. The largest absolute Gasteiger partial charge is 0.385 e. The van der Waals surface area contributed by atoms with Gasteiger partial charge in [-0.05, 0) is 25.5 Å². The van der Waals surface area contributed by atoms with Gasteiger partial charge in [-0.25, -0.2) is 8.78 Å². The quantitative estimate of drug-likeness (QED) is 0.746. The number of hydrogen-bond acceptors (Lipinski definition) is 3. The summed E-state index contributed by atoms with van der Waals surface area (Å²) in [6.07, 6.45) is 0.722. The van der Waals surface area contributed by atoms with E-state index in [1.54, 1.807) is 14.0 Å². The molecule has 0 aromatic heterocycles. The van der Waals surface area contributed by atoms with Gasteiger partial charge in [0.1, 0.15) is 6.04 Å². The number of carbonyl (C=O) groups excluding carboxylic acids is 1. The molecule has 0 spiro atoms. The number of hydrogen-bond donors (Lipinski definition) is 2. The fraction of sp³-hybridized carbons (Fsp3) is 0.462. The summed E-state index contributed by atoms with van der Waals surface area (Å²) >= 11 is 0. The molecule has 2 N–H and O–H groups in total. The number of rotatable bonds is 7. The summed E-state index contributed by atoms with van der Waals surface area (Å²) in [5.41, 5.74) is 0.360. The van der Waals surface area contributed by atoms with Gasteiger partial charge in [0.05, 0.1) is 0 Å². The second kappa shape index (κ2) is 7.68. The van der Waals surface area contributed by atoms with Gasteiger partial charge < -0.3 is 15.4 Å². The average molecular weight is 272 g/mol. The van der Waals surface area contributed by atoms with E-state index in [1.807, 2.05) is 0 Å². The Balaban J connectivity index is 2.42. The highest BCUT2D eigenvalue weighted by molar-refractivity contribution is 5.84. The summed E-state index contributed by atoms with van der Waals surface area (Å²) in [7, 11) is 1.59. The Morgan fingerprint density at radius 3 is 2.74 bits per heavy atom. The van der Waals surface area contributed by atoms with Crippen LogP contribution in [0.1, 0.15) is 13.3 Å². The third-order valence-corrected chi connectivity index (χ3v) is 2.52. The maximum atomic E-state index is 13.0. The fourth-order valence-electron chi connectivity index (χ4n) is 1.48. The van der Waals surface area contributed by atoms with Crippen LogP contribution in [0.15, 0.2) is 18.2 Å². The van der Waals surface area contributed by atoms with Gasteiger partial charge in [-0.2, -0.15) is 0 Å². The van der Waals surface area contributed by atoms with Gasteiger partial charge in [0.2, 0.25) is 5.91 Å². The van der Waals surface area contributed by atoms with Crippen LogP contribution in [0.3, 0.4) is 0 Å². The minimum Gasteiger partial charge on any atom is -0.385 e. The second-order valence-corrected chi connectivity index (χ2v) is 4.13. The summed E-state index contributed by atoms with van der Waals surface area (Å²) in [4.78, 5) is 11.7. The van der Waals surface area contributed by atoms with E-state index in [2.05, 4.69) is 10.6 Å². The summed E-state index contributed by atoms with van der Waals surface area (Å²) in [5, 5.41) is 5.51. The van der Waals surface area contributed by atoms with Crippen molar-refractivity contribution < 1.29 is 18.3 Å². The lowest BCUT2D eigenvalue weighted by molar-refractivity contribution is -0.121. The molecule has 0 heterocycles. The molecule has 19 heavy (non-hydrogen) atoms. The first-order valence-electron chi connectivity index (χ1n) is 6.03. The van der Waals surface area contributed by atoms with Crippen LogP contribution in [0.4, 0.5) is 14.5 Å². The van der Waals surface area contributed by atoms with Crippen molar-refractivity contribution >= 4 is 11.6 Å². The molecule has 1 amide bonds. The van der Waals surface area contributed by atoms with Gasteiger partial charge in [0.15, 0.2) is 11.6 Å². The molecule has 0 radical (unpaired) electrons. The van der Waals surface area contributed by atoms with Crippen molar-refractivity contribution in [3.05, 3.63) is 29.8 Å². The van der Waals surface area contributed by atoms with Gasteiger partial charge in [-0.15, -0.1) is 0 Å². The number of carbonyl (C=O) groups is 1. The molecule has 0 saturated heterocycles. The highest BCUT2D eigenvalue weighted by Gasteiger charge is 2.12. The van der Waals surface area contributed by atoms with E-state index in [1.165, 1.54) is 6.07 Å². The predicted molar refractivity (Wildman–Crippen MR) is 68.9 cm³/mol. The van der Waals surface area contributed by atoms with Gasteiger partial charge in [0, 0.05) is 32.0 Å². The molecular formula is C13H18F2N2O2. The van der Waals surface area contributed by atoms with E-state index in [0.29, 0.717) is 18.8 Å². The molecular weight excluding hydrogens is 254 g/mol. The zero-order chi connectivity index (χ0) is 14.3. The topological polar surface area (TPSA) is 50.4 Å². The summed E-state index contributed by atoms with van der Waals surface area (Å²) in [5.74, 6) is -2.07. The first-order valence-corrected chi connectivity index (χ1v) is 6.03. The normalized spacial score (nSPS) is 12.0. The van der Waals surface area contributed by atoms with Gasteiger partial charge in [0.25, 0.3) is 0 Å². The Morgan fingerprint density at radius 2 is 2.11 bits per heavy atom. The number of nitrogens with one attached hydrogen (secondary N) is 2. The molecule has 1 rings (SSSR count). The average Bonchev–Trinajstić information content (AvgIpc) is 2.38. The van der Waals surface area contributed by atoms with Crippen molar-refractivity contribution in [2.45, 2.75) is 19.4 Å². The molecule has 6 heteroatoms. The molecule has 0 bridgehead atoms. The molecule has 4 nitrogen and oxygen atoms in total. The lowest BCUT2D eigenvalue weighted by Crippen LogP contribution is -2.38. The van der Waals surface area contributed by atoms with Crippen LogP contribution < -0.4 is 10.6 Å². The number of anilines is 1. The maximum absolute atomic E-state index is 13.0. The molecule has 0 fully saturated rings. The second-order valence-electron chi connectivity index (χ2n) is 4.13. The number of amides is 1. The third-order valence-electron chi connectivity index (χ3n) is 2.52. The van der Waals surface area contributed by atoms with E-state index in [9.17, 15) is 13.6 Å². The summed E-state index contributed by atoms with van der Waals surface area (Å²) < 4.78 is 30.6. The minimum absolute atomic E-state index is 0.208. The number of ether oxygens (including phenoxy) is 1. The van der Waals surface area contributed by atoms with E-state index in [0.717, 1.165) is 18.6 Å². The molecule has 1 atom stereocenters. The van der Waals surface area contributed by atoms with Crippen molar-refractivity contribution in [3.8, 4) is 0 Å². The Bertz CT molecular complexity index is 427. The Hall–Kier alpha value is -1.69. The predicted octanol–water partition coefficient (Wildman–Crippen LogP) is 1.92. The van der Waals surface area contributed by atoms with Crippen LogP contribution >= 0.6 is 0 Å². The lowest BCUT2D eigenvalue weighted by atomic mass is 10.2. The molecule has 1 unspecified atom stereocenters. The first-order chi connectivity index (χ1) is 9.04. The highest BCUT2D eigenvalue weighted by Crippen LogP contribution is 2.13. The monoisotopic (exact) mass is 272 g/mol.